The molecule has 0 atom stereocenters. The fourth-order valence-corrected chi connectivity index (χ4v) is 4.06. The Morgan fingerprint density at radius 3 is 2.62 bits per heavy atom. The molecule has 0 unspecified atom stereocenters. The highest BCUT2D eigenvalue weighted by Crippen LogP contribution is 2.35. The number of likely N-dealkylation sites (N-methyl/N-ethyl adjacent to an activating group) is 1. The number of nitrogens with one attached hydrogen (secondary N) is 1. The van der Waals surface area contributed by atoms with Crippen molar-refractivity contribution < 1.29 is 14.3 Å². The number of benzene rings is 2. The summed E-state index contributed by atoms with van der Waals surface area (Å²) in [7, 11) is 5.62. The van der Waals surface area contributed by atoms with Gasteiger partial charge in [-0.05, 0) is 38.4 Å². The molecular formula is C25H26N4O3. The third-order valence-electron chi connectivity index (χ3n) is 5.66. The number of amides is 1. The molecule has 0 aliphatic carbocycles. The molecule has 0 saturated heterocycles. The molecule has 0 spiro atoms. The predicted octanol–water partition coefficient (Wildman–Crippen LogP) is 3.29. The van der Waals surface area contributed by atoms with E-state index >= 15 is 0 Å². The van der Waals surface area contributed by atoms with Gasteiger partial charge >= 0.3 is 0 Å². The average molecular weight is 431 g/mol. The predicted molar refractivity (Wildman–Crippen MR) is 127 cm³/mol. The molecule has 2 aromatic carbocycles. The molecule has 1 amide bonds. The summed E-state index contributed by atoms with van der Waals surface area (Å²) in [6.45, 7) is 1.54. The molecule has 0 radical (unpaired) electrons. The van der Waals surface area contributed by atoms with Crippen LogP contribution in [-0.4, -0.2) is 54.4 Å². The highest BCUT2D eigenvalue weighted by atomic mass is 16.5. The number of primary amides is 1. The molecule has 4 rings (SSSR count). The number of fused-ring (bicyclic) bond motifs is 2. The number of para-hydroxylation sites is 1. The van der Waals surface area contributed by atoms with Crippen molar-refractivity contribution in [2.45, 2.75) is 6.54 Å². The number of allylic oxidation sites excluding steroid dienone is 1. The van der Waals surface area contributed by atoms with E-state index in [1.807, 2.05) is 62.8 Å². The quantitative estimate of drug-likeness (QED) is 0.331. The van der Waals surface area contributed by atoms with Gasteiger partial charge in [-0.3, -0.25) is 9.59 Å². The Morgan fingerprint density at radius 1 is 1.16 bits per heavy atom. The van der Waals surface area contributed by atoms with Crippen molar-refractivity contribution in [3.63, 3.8) is 0 Å². The monoisotopic (exact) mass is 430 g/mol. The van der Waals surface area contributed by atoms with E-state index in [9.17, 15) is 9.59 Å². The van der Waals surface area contributed by atoms with Crippen LogP contribution in [0.5, 0.6) is 5.75 Å². The van der Waals surface area contributed by atoms with Gasteiger partial charge in [-0.15, -0.1) is 0 Å². The van der Waals surface area contributed by atoms with Crippen molar-refractivity contribution in [3.05, 3.63) is 66.0 Å². The minimum Gasteiger partial charge on any atom is -0.497 e. The first-order valence-electron chi connectivity index (χ1n) is 10.3. The third kappa shape index (κ3) is 3.78. The van der Waals surface area contributed by atoms with E-state index < -0.39 is 5.91 Å². The average Bonchev–Trinajstić information content (AvgIpc) is 3.36. The SMILES string of the molecule is COc1ccc2c(c1)c(/C(C=O)=C(/C(N)=O)c1c[nH]c3ccccc13)cn2CCN(C)C. The van der Waals surface area contributed by atoms with Gasteiger partial charge in [0.2, 0.25) is 5.91 Å². The van der Waals surface area contributed by atoms with Crippen LogP contribution in [0.2, 0.25) is 0 Å². The van der Waals surface area contributed by atoms with Crippen LogP contribution in [0.15, 0.2) is 54.9 Å². The number of H-pyrrole nitrogens is 1. The van der Waals surface area contributed by atoms with Crippen molar-refractivity contribution >= 4 is 45.1 Å². The first-order chi connectivity index (χ1) is 15.4. The largest absolute Gasteiger partial charge is 0.497 e. The number of nitrogens with zero attached hydrogens (tertiary/aromatic N) is 2. The van der Waals surface area contributed by atoms with E-state index in [2.05, 4.69) is 14.5 Å². The summed E-state index contributed by atoms with van der Waals surface area (Å²) in [4.78, 5) is 30.3. The topological polar surface area (TPSA) is 93.4 Å². The standard InChI is InChI=1S/C25H26N4O3/c1-28(2)10-11-29-14-20(18-12-16(32-3)8-9-23(18)29)21(15-30)24(25(26)31)19-13-27-22-7-5-4-6-17(19)22/h4-9,12-15,27H,10-11H2,1-3H3,(H2,26,31)/b24-21+. The molecule has 0 saturated carbocycles. The van der Waals surface area contributed by atoms with Gasteiger partial charge in [0.25, 0.3) is 0 Å². The van der Waals surface area contributed by atoms with Crippen LogP contribution in [0, 0.1) is 0 Å². The zero-order chi connectivity index (χ0) is 22.8. The van der Waals surface area contributed by atoms with Crippen molar-refractivity contribution in [1.82, 2.24) is 14.5 Å². The van der Waals surface area contributed by atoms with E-state index in [0.717, 1.165) is 34.9 Å². The number of aromatic nitrogens is 2. The lowest BCUT2D eigenvalue weighted by Gasteiger charge is -2.11. The van der Waals surface area contributed by atoms with Gasteiger partial charge < -0.3 is 24.9 Å². The van der Waals surface area contributed by atoms with Crippen LogP contribution >= 0.6 is 0 Å². The van der Waals surface area contributed by atoms with Crippen LogP contribution in [0.4, 0.5) is 0 Å². The van der Waals surface area contributed by atoms with Crippen molar-refractivity contribution in [2.24, 2.45) is 5.73 Å². The number of nitrogens with two attached hydrogens (primary N) is 1. The first kappa shape index (κ1) is 21.4. The lowest BCUT2D eigenvalue weighted by Crippen LogP contribution is -2.18. The molecule has 164 valence electrons. The maximum atomic E-state index is 12.6. The Kier molecular flexibility index (Phi) is 5.83. The number of ether oxygens (including phenoxy) is 1. The molecule has 0 aliphatic heterocycles. The Morgan fingerprint density at radius 2 is 1.94 bits per heavy atom. The second-order valence-corrected chi connectivity index (χ2v) is 7.94. The summed E-state index contributed by atoms with van der Waals surface area (Å²) >= 11 is 0. The maximum absolute atomic E-state index is 12.6. The molecule has 3 N–H and O–H groups in total. The van der Waals surface area contributed by atoms with Gasteiger partial charge in [0.15, 0.2) is 6.29 Å². The summed E-state index contributed by atoms with van der Waals surface area (Å²) in [5.41, 5.74) is 9.33. The summed E-state index contributed by atoms with van der Waals surface area (Å²) in [5, 5.41) is 1.65. The van der Waals surface area contributed by atoms with E-state index in [1.54, 1.807) is 13.3 Å². The van der Waals surface area contributed by atoms with Crippen LogP contribution < -0.4 is 10.5 Å². The maximum Gasteiger partial charge on any atom is 0.250 e. The van der Waals surface area contributed by atoms with Crippen molar-refractivity contribution in [3.8, 4) is 5.75 Å². The summed E-state index contributed by atoms with van der Waals surface area (Å²) in [6, 6.07) is 13.3. The Balaban J connectivity index is 2.01. The molecular weight excluding hydrogens is 404 g/mol. The number of rotatable bonds is 8. The van der Waals surface area contributed by atoms with Crippen LogP contribution in [0.1, 0.15) is 11.1 Å². The lowest BCUT2D eigenvalue weighted by molar-refractivity contribution is -0.113. The van der Waals surface area contributed by atoms with Gasteiger partial charge in [0.1, 0.15) is 5.75 Å². The minimum atomic E-state index is -0.658. The van der Waals surface area contributed by atoms with Gasteiger partial charge in [-0.2, -0.15) is 0 Å². The number of carbonyl (C=O) groups is 2. The second-order valence-electron chi connectivity index (χ2n) is 7.94. The molecule has 7 heteroatoms. The van der Waals surface area contributed by atoms with Crippen molar-refractivity contribution in [2.75, 3.05) is 27.7 Å². The first-order valence-corrected chi connectivity index (χ1v) is 10.3. The molecule has 2 aromatic heterocycles. The Bertz CT molecular complexity index is 1340. The molecule has 2 heterocycles. The molecule has 0 fully saturated rings. The van der Waals surface area contributed by atoms with Gasteiger partial charge in [0, 0.05) is 64.0 Å². The zero-order valence-corrected chi connectivity index (χ0v) is 18.4. The molecule has 0 aliphatic rings. The molecule has 32 heavy (non-hydrogen) atoms. The molecule has 4 aromatic rings. The molecule has 7 nitrogen and oxygen atoms in total. The minimum absolute atomic E-state index is 0.187. The fraction of sp³-hybridized carbons (Fsp3) is 0.200. The number of aldehydes is 1. The summed E-state index contributed by atoms with van der Waals surface area (Å²) in [6.07, 6.45) is 4.35. The van der Waals surface area contributed by atoms with E-state index in [-0.39, 0.29) is 11.1 Å². The van der Waals surface area contributed by atoms with Gasteiger partial charge in [0.05, 0.1) is 12.7 Å². The number of methoxy groups -OCH3 is 1. The Hall–Kier alpha value is -3.84. The van der Waals surface area contributed by atoms with Gasteiger partial charge in [-0.25, -0.2) is 0 Å². The number of hydrogen-bond acceptors (Lipinski definition) is 4. The van der Waals surface area contributed by atoms with Gasteiger partial charge in [-0.1, -0.05) is 18.2 Å². The number of carbonyl (C=O) groups excluding carboxylic acids is 2. The fourth-order valence-electron chi connectivity index (χ4n) is 4.06. The molecule has 0 bridgehead atoms. The normalized spacial score (nSPS) is 12.4. The van der Waals surface area contributed by atoms with Crippen LogP contribution in [-0.2, 0) is 16.1 Å². The lowest BCUT2D eigenvalue weighted by atomic mass is 9.94. The van der Waals surface area contributed by atoms with E-state index in [1.165, 1.54) is 0 Å². The third-order valence-corrected chi connectivity index (χ3v) is 5.66. The van der Waals surface area contributed by atoms with E-state index in [0.29, 0.717) is 23.2 Å². The second kappa shape index (κ2) is 8.72. The van der Waals surface area contributed by atoms with Crippen LogP contribution in [0.3, 0.4) is 0 Å². The summed E-state index contributed by atoms with van der Waals surface area (Å²) < 4.78 is 7.50. The van der Waals surface area contributed by atoms with E-state index in [4.69, 9.17) is 10.5 Å². The smallest absolute Gasteiger partial charge is 0.250 e. The zero-order valence-electron chi connectivity index (χ0n) is 18.4. The van der Waals surface area contributed by atoms with Crippen LogP contribution in [0.25, 0.3) is 33.0 Å². The summed E-state index contributed by atoms with van der Waals surface area (Å²) in [5.74, 6) is 0.0102. The number of aromatic amines is 1. The number of hydrogen-bond donors (Lipinski definition) is 2. The highest BCUT2D eigenvalue weighted by Gasteiger charge is 2.23. The highest BCUT2D eigenvalue weighted by molar-refractivity contribution is 6.37. The van der Waals surface area contributed by atoms with Crippen molar-refractivity contribution in [1.29, 1.82) is 0 Å². The Labute approximate surface area is 186 Å².